The van der Waals surface area contributed by atoms with Crippen LogP contribution in [0.5, 0.6) is 0 Å². The van der Waals surface area contributed by atoms with Crippen LogP contribution in [0.25, 0.3) is 11.0 Å². The van der Waals surface area contributed by atoms with E-state index in [1.807, 2.05) is 29.1 Å². The maximum Gasteiger partial charge on any atom is 0.134 e. The van der Waals surface area contributed by atoms with Gasteiger partial charge < -0.3 is 9.73 Å². The maximum absolute atomic E-state index is 6.03. The second kappa shape index (κ2) is 6.03. The Bertz CT molecular complexity index is 745. The predicted octanol–water partition coefficient (Wildman–Crippen LogP) is 3.94. The van der Waals surface area contributed by atoms with Crippen molar-refractivity contribution in [1.82, 2.24) is 15.1 Å². The number of para-hydroxylation sites is 1. The van der Waals surface area contributed by atoms with E-state index in [4.69, 9.17) is 4.42 Å². The SMILES string of the molecule is CC(C)NCc1c(Cn2cc(Br)cn2)oc2ccccc12. The molecule has 3 aromatic rings. The molecule has 0 aliphatic rings. The average Bonchev–Trinajstić information content (AvgIpc) is 3.00. The van der Waals surface area contributed by atoms with Crippen LogP contribution in [0.3, 0.4) is 0 Å². The highest BCUT2D eigenvalue weighted by Crippen LogP contribution is 2.26. The molecule has 0 unspecified atom stereocenters. The highest BCUT2D eigenvalue weighted by atomic mass is 79.9. The highest BCUT2D eigenvalue weighted by molar-refractivity contribution is 9.10. The van der Waals surface area contributed by atoms with E-state index >= 15 is 0 Å². The van der Waals surface area contributed by atoms with E-state index in [9.17, 15) is 0 Å². The Labute approximate surface area is 132 Å². The maximum atomic E-state index is 6.03. The van der Waals surface area contributed by atoms with Gasteiger partial charge in [0.25, 0.3) is 0 Å². The summed E-state index contributed by atoms with van der Waals surface area (Å²) in [5, 5.41) is 8.95. The lowest BCUT2D eigenvalue weighted by Gasteiger charge is -2.08. The largest absolute Gasteiger partial charge is 0.459 e. The second-order valence-corrected chi connectivity index (χ2v) is 6.31. The summed E-state index contributed by atoms with van der Waals surface area (Å²) >= 11 is 3.42. The van der Waals surface area contributed by atoms with Crippen molar-refractivity contribution >= 4 is 26.9 Å². The van der Waals surface area contributed by atoms with Gasteiger partial charge in [-0.15, -0.1) is 0 Å². The third-order valence-electron chi connectivity index (χ3n) is 3.38. The number of furan rings is 1. The van der Waals surface area contributed by atoms with Gasteiger partial charge >= 0.3 is 0 Å². The van der Waals surface area contributed by atoms with Gasteiger partial charge in [0, 0.05) is 29.7 Å². The molecule has 0 bridgehead atoms. The minimum Gasteiger partial charge on any atom is -0.459 e. The number of aromatic nitrogens is 2. The molecule has 0 aliphatic heterocycles. The number of rotatable bonds is 5. The van der Waals surface area contributed by atoms with E-state index in [-0.39, 0.29) is 0 Å². The lowest BCUT2D eigenvalue weighted by atomic mass is 10.1. The molecule has 0 aliphatic carbocycles. The fourth-order valence-corrected chi connectivity index (χ4v) is 2.68. The molecule has 0 radical (unpaired) electrons. The molecule has 0 fully saturated rings. The lowest BCUT2D eigenvalue weighted by molar-refractivity contribution is 0.495. The van der Waals surface area contributed by atoms with Gasteiger partial charge in [0.15, 0.2) is 0 Å². The van der Waals surface area contributed by atoms with Gasteiger partial charge in [0.05, 0.1) is 17.2 Å². The fourth-order valence-electron chi connectivity index (χ4n) is 2.35. The van der Waals surface area contributed by atoms with Gasteiger partial charge in [0.1, 0.15) is 11.3 Å². The number of hydrogen-bond acceptors (Lipinski definition) is 3. The van der Waals surface area contributed by atoms with Crippen molar-refractivity contribution in [3.05, 3.63) is 52.5 Å². The molecular weight excluding hydrogens is 330 g/mol. The van der Waals surface area contributed by atoms with Crippen LogP contribution in [0.4, 0.5) is 0 Å². The van der Waals surface area contributed by atoms with Gasteiger partial charge in [-0.1, -0.05) is 32.0 Å². The van der Waals surface area contributed by atoms with Crippen LogP contribution in [0, 0.1) is 0 Å². The van der Waals surface area contributed by atoms with E-state index in [2.05, 4.69) is 46.3 Å². The Morgan fingerprint density at radius 3 is 2.86 bits per heavy atom. The first kappa shape index (κ1) is 14.4. The first-order valence-corrected chi connectivity index (χ1v) is 7.83. The van der Waals surface area contributed by atoms with Crippen LogP contribution in [-0.4, -0.2) is 15.8 Å². The van der Waals surface area contributed by atoms with Crippen molar-refractivity contribution in [3.8, 4) is 0 Å². The van der Waals surface area contributed by atoms with E-state index in [1.165, 1.54) is 10.9 Å². The topological polar surface area (TPSA) is 43.0 Å². The zero-order chi connectivity index (χ0) is 14.8. The average molecular weight is 348 g/mol. The Hall–Kier alpha value is -1.59. The molecule has 2 heterocycles. The molecule has 0 saturated heterocycles. The first-order chi connectivity index (χ1) is 10.1. The van der Waals surface area contributed by atoms with E-state index < -0.39 is 0 Å². The first-order valence-electron chi connectivity index (χ1n) is 7.04. The summed E-state index contributed by atoms with van der Waals surface area (Å²) in [6.45, 7) is 5.72. The number of nitrogens with one attached hydrogen (secondary N) is 1. The predicted molar refractivity (Wildman–Crippen MR) is 87.2 cm³/mol. The quantitative estimate of drug-likeness (QED) is 0.760. The van der Waals surface area contributed by atoms with Crippen LogP contribution < -0.4 is 5.32 Å². The van der Waals surface area contributed by atoms with Crippen molar-refractivity contribution in [3.63, 3.8) is 0 Å². The summed E-state index contributed by atoms with van der Waals surface area (Å²) in [5.41, 5.74) is 2.14. The van der Waals surface area contributed by atoms with E-state index in [0.717, 1.165) is 22.4 Å². The summed E-state index contributed by atoms with van der Waals surface area (Å²) in [6.07, 6.45) is 3.74. The number of benzene rings is 1. The molecule has 0 saturated carbocycles. The van der Waals surface area contributed by atoms with Crippen LogP contribution >= 0.6 is 15.9 Å². The third-order valence-corrected chi connectivity index (χ3v) is 3.79. The van der Waals surface area contributed by atoms with Crippen LogP contribution in [0.1, 0.15) is 25.2 Å². The molecule has 1 N–H and O–H groups in total. The lowest BCUT2D eigenvalue weighted by Crippen LogP contribution is -2.22. The van der Waals surface area contributed by atoms with Gasteiger partial charge in [0.2, 0.25) is 0 Å². The van der Waals surface area contributed by atoms with E-state index in [0.29, 0.717) is 12.6 Å². The summed E-state index contributed by atoms with van der Waals surface area (Å²) in [4.78, 5) is 0. The zero-order valence-electron chi connectivity index (χ0n) is 12.1. The van der Waals surface area contributed by atoms with Crippen molar-refractivity contribution in [2.75, 3.05) is 0 Å². The van der Waals surface area contributed by atoms with Crippen molar-refractivity contribution < 1.29 is 4.42 Å². The summed E-state index contributed by atoms with van der Waals surface area (Å²) in [5.74, 6) is 0.958. The molecule has 2 aromatic heterocycles. The smallest absolute Gasteiger partial charge is 0.134 e. The van der Waals surface area contributed by atoms with Crippen LogP contribution in [0.2, 0.25) is 0 Å². The molecule has 21 heavy (non-hydrogen) atoms. The van der Waals surface area contributed by atoms with Gasteiger partial charge in [-0.25, -0.2) is 0 Å². The van der Waals surface area contributed by atoms with Gasteiger partial charge in [-0.3, -0.25) is 4.68 Å². The molecule has 3 rings (SSSR count). The molecule has 5 heteroatoms. The Kier molecular flexibility index (Phi) is 4.12. The summed E-state index contributed by atoms with van der Waals surface area (Å²) < 4.78 is 8.88. The number of fused-ring (bicyclic) bond motifs is 1. The zero-order valence-corrected chi connectivity index (χ0v) is 13.7. The second-order valence-electron chi connectivity index (χ2n) is 5.39. The minimum absolute atomic E-state index is 0.436. The molecule has 4 nitrogen and oxygen atoms in total. The molecule has 0 spiro atoms. The van der Waals surface area contributed by atoms with Gasteiger partial charge in [-0.05, 0) is 22.0 Å². The summed E-state index contributed by atoms with van der Waals surface area (Å²) in [6, 6.07) is 8.60. The monoisotopic (exact) mass is 347 g/mol. The molecular formula is C16H18BrN3O. The van der Waals surface area contributed by atoms with Crippen LogP contribution in [-0.2, 0) is 13.1 Å². The highest BCUT2D eigenvalue weighted by Gasteiger charge is 2.14. The number of nitrogens with zero attached hydrogens (tertiary/aromatic N) is 2. The fraction of sp³-hybridized carbons (Fsp3) is 0.312. The van der Waals surface area contributed by atoms with Crippen molar-refractivity contribution in [2.45, 2.75) is 33.0 Å². The van der Waals surface area contributed by atoms with Gasteiger partial charge in [-0.2, -0.15) is 5.10 Å². The van der Waals surface area contributed by atoms with Crippen LogP contribution in [0.15, 0.2) is 45.5 Å². The minimum atomic E-state index is 0.436. The number of hydrogen-bond donors (Lipinski definition) is 1. The number of halogens is 1. The summed E-state index contributed by atoms with van der Waals surface area (Å²) in [7, 11) is 0. The molecule has 110 valence electrons. The van der Waals surface area contributed by atoms with Crippen molar-refractivity contribution in [2.24, 2.45) is 0 Å². The van der Waals surface area contributed by atoms with Crippen molar-refractivity contribution in [1.29, 1.82) is 0 Å². The van der Waals surface area contributed by atoms with E-state index in [1.54, 1.807) is 6.20 Å². The Morgan fingerprint density at radius 2 is 2.14 bits per heavy atom. The molecule has 1 aromatic carbocycles. The Morgan fingerprint density at radius 1 is 1.33 bits per heavy atom. The standard InChI is InChI=1S/C16H18BrN3O/c1-11(2)18-8-14-13-5-3-4-6-15(13)21-16(14)10-20-9-12(17)7-19-20/h3-7,9,11,18H,8,10H2,1-2H3. The normalized spacial score (nSPS) is 11.6. The Balaban J connectivity index is 1.97. The molecule has 0 amide bonds. The third kappa shape index (κ3) is 3.19. The molecule has 0 atom stereocenters.